The lowest BCUT2D eigenvalue weighted by Gasteiger charge is -2.36. The van der Waals surface area contributed by atoms with E-state index in [-0.39, 0.29) is 5.78 Å². The van der Waals surface area contributed by atoms with Gasteiger partial charge in [-0.1, -0.05) is 25.1 Å². The molecule has 0 amide bonds. The summed E-state index contributed by atoms with van der Waals surface area (Å²) in [7, 11) is 1.79. The minimum atomic E-state index is 0.153. The number of ketones is 1. The maximum atomic E-state index is 11.8. The Morgan fingerprint density at radius 2 is 1.97 bits per heavy atom. The largest absolute Gasteiger partial charge is 0.383 e. The Labute approximate surface area is 183 Å². The summed E-state index contributed by atoms with van der Waals surface area (Å²) in [4.78, 5) is 19.7. The molecule has 2 fully saturated rings. The molecule has 2 saturated heterocycles. The lowest BCUT2D eigenvalue weighted by Crippen LogP contribution is -2.44. The van der Waals surface area contributed by atoms with E-state index in [9.17, 15) is 4.79 Å². The Balaban J connectivity index is 1.62. The quantitative estimate of drug-likeness (QED) is 0.517. The highest BCUT2D eigenvalue weighted by atomic mass is 16.5. The number of carbonyl (C=O) groups is 1. The molecular formula is C25H41N3O2. The van der Waals surface area contributed by atoms with Crippen molar-refractivity contribution in [3.8, 4) is 0 Å². The molecule has 0 radical (unpaired) electrons. The molecule has 1 aromatic rings. The van der Waals surface area contributed by atoms with Gasteiger partial charge in [0.2, 0.25) is 0 Å². The summed E-state index contributed by atoms with van der Waals surface area (Å²) in [6.45, 7) is 13.8. The first kappa shape index (κ1) is 23.4. The number of carbonyl (C=O) groups excluding carboxylic acids is 1. The van der Waals surface area contributed by atoms with Crippen LogP contribution in [0.2, 0.25) is 0 Å². The molecule has 2 heterocycles. The molecule has 0 spiro atoms. The van der Waals surface area contributed by atoms with Crippen molar-refractivity contribution in [2.45, 2.75) is 52.1 Å². The number of rotatable bonds is 11. The summed E-state index contributed by atoms with van der Waals surface area (Å²) in [5.41, 5.74) is 2.09. The Kier molecular flexibility index (Phi) is 9.31. The van der Waals surface area contributed by atoms with Crippen molar-refractivity contribution >= 4 is 5.78 Å². The minimum absolute atomic E-state index is 0.153. The molecular weight excluding hydrogens is 374 g/mol. The van der Waals surface area contributed by atoms with Crippen LogP contribution in [0.5, 0.6) is 0 Å². The van der Waals surface area contributed by atoms with Crippen LogP contribution in [0.3, 0.4) is 0 Å². The Morgan fingerprint density at radius 3 is 2.67 bits per heavy atom. The summed E-state index contributed by atoms with van der Waals surface area (Å²) in [5, 5.41) is 0. The summed E-state index contributed by atoms with van der Waals surface area (Å²) < 4.78 is 5.25. The van der Waals surface area contributed by atoms with E-state index >= 15 is 0 Å². The van der Waals surface area contributed by atoms with Crippen LogP contribution in [-0.4, -0.2) is 86.1 Å². The van der Waals surface area contributed by atoms with E-state index in [1.165, 1.54) is 50.9 Å². The van der Waals surface area contributed by atoms with Crippen molar-refractivity contribution in [3.05, 3.63) is 35.4 Å². The molecule has 5 heteroatoms. The third-order valence-electron chi connectivity index (χ3n) is 6.95. The third-order valence-corrected chi connectivity index (χ3v) is 6.95. The van der Waals surface area contributed by atoms with Crippen molar-refractivity contribution in [1.29, 1.82) is 0 Å². The lowest BCUT2D eigenvalue weighted by atomic mass is 9.95. The molecule has 0 saturated carbocycles. The van der Waals surface area contributed by atoms with E-state index in [4.69, 9.17) is 4.74 Å². The van der Waals surface area contributed by atoms with Crippen LogP contribution in [0.15, 0.2) is 24.3 Å². The molecule has 2 aliphatic rings. The van der Waals surface area contributed by atoms with E-state index in [0.29, 0.717) is 6.04 Å². The van der Waals surface area contributed by atoms with Gasteiger partial charge in [0.15, 0.2) is 5.78 Å². The van der Waals surface area contributed by atoms with Crippen LogP contribution < -0.4 is 0 Å². The molecule has 0 bridgehead atoms. The topological polar surface area (TPSA) is 36.0 Å². The van der Waals surface area contributed by atoms with Gasteiger partial charge in [-0.2, -0.15) is 0 Å². The first-order valence-corrected chi connectivity index (χ1v) is 11.9. The zero-order valence-electron chi connectivity index (χ0n) is 19.3. The Bertz CT molecular complexity index is 658. The first-order valence-electron chi connectivity index (χ1n) is 11.9. The predicted octanol–water partition coefficient (Wildman–Crippen LogP) is 3.53. The molecule has 1 atom stereocenters. The zero-order chi connectivity index (χ0) is 21.3. The normalized spacial score (nSPS) is 21.5. The Hall–Kier alpha value is -1.27. The smallest absolute Gasteiger partial charge is 0.159 e. The standard InChI is InChI=1S/C25H41N3O2/c1-4-28-12-6-9-25(28)20-27(19-23-7-5-8-24(17-23)21(2)29)18-22-10-13-26(14-11-22)15-16-30-3/h5,7-8,17,22,25H,4,6,9-16,18-20H2,1-3H3. The van der Waals surface area contributed by atoms with Crippen LogP contribution in [0.4, 0.5) is 0 Å². The fourth-order valence-electron chi connectivity index (χ4n) is 5.14. The van der Waals surface area contributed by atoms with Gasteiger partial charge >= 0.3 is 0 Å². The molecule has 168 valence electrons. The molecule has 0 aromatic heterocycles. The van der Waals surface area contributed by atoms with Crippen molar-refractivity contribution in [2.75, 3.05) is 59.5 Å². The fraction of sp³-hybridized carbons (Fsp3) is 0.720. The van der Waals surface area contributed by atoms with Crippen LogP contribution in [0, 0.1) is 5.92 Å². The molecule has 5 nitrogen and oxygen atoms in total. The zero-order valence-corrected chi connectivity index (χ0v) is 19.3. The van der Waals surface area contributed by atoms with Gasteiger partial charge in [-0.05, 0) is 76.3 Å². The fourth-order valence-corrected chi connectivity index (χ4v) is 5.14. The average Bonchev–Trinajstić information content (AvgIpc) is 3.20. The maximum absolute atomic E-state index is 11.8. The summed E-state index contributed by atoms with van der Waals surface area (Å²) in [6.07, 6.45) is 5.18. The van der Waals surface area contributed by atoms with Crippen molar-refractivity contribution in [2.24, 2.45) is 5.92 Å². The van der Waals surface area contributed by atoms with E-state index in [1.807, 2.05) is 12.1 Å². The number of methoxy groups -OCH3 is 1. The van der Waals surface area contributed by atoms with Gasteiger partial charge < -0.3 is 9.64 Å². The second-order valence-electron chi connectivity index (χ2n) is 9.15. The highest BCUT2D eigenvalue weighted by Gasteiger charge is 2.27. The molecule has 30 heavy (non-hydrogen) atoms. The number of likely N-dealkylation sites (N-methyl/N-ethyl adjacent to an activating group) is 1. The number of Topliss-reactive ketones (excluding diaryl/α,β-unsaturated/α-hetero) is 1. The summed E-state index contributed by atoms with van der Waals surface area (Å²) >= 11 is 0. The molecule has 1 aromatic carbocycles. The Morgan fingerprint density at radius 1 is 1.17 bits per heavy atom. The second kappa shape index (κ2) is 11.9. The van der Waals surface area contributed by atoms with Crippen molar-refractivity contribution in [3.63, 3.8) is 0 Å². The average molecular weight is 416 g/mol. The third kappa shape index (κ3) is 6.88. The number of piperidine rings is 1. The van der Waals surface area contributed by atoms with Crippen LogP contribution in [-0.2, 0) is 11.3 Å². The summed E-state index contributed by atoms with van der Waals surface area (Å²) in [5.74, 6) is 0.913. The molecule has 3 rings (SSSR count). The van der Waals surface area contributed by atoms with Gasteiger partial charge in [-0.3, -0.25) is 14.6 Å². The number of ether oxygens (including phenoxy) is 1. The first-order chi connectivity index (χ1) is 14.6. The van der Waals surface area contributed by atoms with Crippen molar-refractivity contribution in [1.82, 2.24) is 14.7 Å². The maximum Gasteiger partial charge on any atom is 0.159 e. The monoisotopic (exact) mass is 415 g/mol. The molecule has 2 aliphatic heterocycles. The lowest BCUT2D eigenvalue weighted by molar-refractivity contribution is 0.0963. The predicted molar refractivity (Wildman–Crippen MR) is 123 cm³/mol. The molecule has 0 aliphatic carbocycles. The van der Waals surface area contributed by atoms with Crippen LogP contribution in [0.25, 0.3) is 0 Å². The van der Waals surface area contributed by atoms with Crippen LogP contribution in [0.1, 0.15) is 55.5 Å². The van der Waals surface area contributed by atoms with Gasteiger partial charge in [0.1, 0.15) is 0 Å². The number of hydrogen-bond acceptors (Lipinski definition) is 5. The van der Waals surface area contributed by atoms with E-state index in [0.717, 1.165) is 50.8 Å². The van der Waals surface area contributed by atoms with Gasteiger partial charge in [-0.15, -0.1) is 0 Å². The number of likely N-dealkylation sites (tertiary alicyclic amines) is 2. The van der Waals surface area contributed by atoms with E-state index in [2.05, 4.69) is 33.8 Å². The van der Waals surface area contributed by atoms with Gasteiger partial charge in [0, 0.05) is 44.9 Å². The minimum Gasteiger partial charge on any atom is -0.383 e. The highest BCUT2D eigenvalue weighted by Crippen LogP contribution is 2.23. The molecule has 0 N–H and O–H groups in total. The van der Waals surface area contributed by atoms with Crippen molar-refractivity contribution < 1.29 is 9.53 Å². The van der Waals surface area contributed by atoms with E-state index < -0.39 is 0 Å². The number of benzene rings is 1. The molecule has 1 unspecified atom stereocenters. The number of nitrogens with zero attached hydrogens (tertiary/aromatic N) is 3. The van der Waals surface area contributed by atoms with Gasteiger partial charge in [0.05, 0.1) is 6.61 Å². The van der Waals surface area contributed by atoms with Gasteiger partial charge in [0.25, 0.3) is 0 Å². The van der Waals surface area contributed by atoms with Crippen LogP contribution >= 0.6 is 0 Å². The van der Waals surface area contributed by atoms with E-state index in [1.54, 1.807) is 14.0 Å². The highest BCUT2D eigenvalue weighted by molar-refractivity contribution is 5.94. The SMILES string of the molecule is CCN1CCCC1CN(Cc1cccc(C(C)=O)c1)CC1CCN(CCOC)CC1. The number of hydrogen-bond donors (Lipinski definition) is 0. The second-order valence-corrected chi connectivity index (χ2v) is 9.15. The summed E-state index contributed by atoms with van der Waals surface area (Å²) in [6, 6.07) is 8.91. The van der Waals surface area contributed by atoms with Gasteiger partial charge in [-0.25, -0.2) is 0 Å².